The molecule has 0 fully saturated rings. The molecule has 0 aliphatic heterocycles. The van der Waals surface area contributed by atoms with Gasteiger partial charge in [-0.05, 0) is 55.8 Å². The average Bonchev–Trinajstić information content (AvgIpc) is 2.77. The molecule has 6 nitrogen and oxygen atoms in total. The Morgan fingerprint density at radius 2 is 1.83 bits per heavy atom. The predicted octanol–water partition coefficient (Wildman–Crippen LogP) is 5.45. The quantitative estimate of drug-likeness (QED) is 0.484. The number of rotatable bonds is 5. The predicted molar refractivity (Wildman–Crippen MR) is 118 cm³/mol. The zero-order valence-corrected chi connectivity index (χ0v) is 16.7. The summed E-state index contributed by atoms with van der Waals surface area (Å²) in [4.78, 5) is 25.3. The summed E-state index contributed by atoms with van der Waals surface area (Å²) < 4.78 is 5.92. The first-order valence-corrected chi connectivity index (χ1v) is 9.48. The highest BCUT2D eigenvalue weighted by Crippen LogP contribution is 2.27. The number of nitrogens with zero attached hydrogens (tertiary/aromatic N) is 3. The third-order valence-electron chi connectivity index (χ3n) is 4.55. The van der Waals surface area contributed by atoms with Gasteiger partial charge >= 0.3 is 6.01 Å². The Hall–Kier alpha value is -4.06. The molecule has 1 amide bonds. The number of aromatic nitrogens is 3. The number of carbonyl (C=O) groups excluding carboxylic acids is 1. The van der Waals surface area contributed by atoms with Crippen LogP contribution in [0.15, 0.2) is 79.3 Å². The van der Waals surface area contributed by atoms with Gasteiger partial charge in [-0.1, -0.05) is 23.8 Å². The van der Waals surface area contributed by atoms with Gasteiger partial charge in [0, 0.05) is 42.9 Å². The topological polar surface area (TPSA) is 77.0 Å². The minimum absolute atomic E-state index is 0. The van der Waals surface area contributed by atoms with Crippen molar-refractivity contribution in [2.45, 2.75) is 13.8 Å². The van der Waals surface area contributed by atoms with Crippen molar-refractivity contribution in [3.05, 3.63) is 95.9 Å². The van der Waals surface area contributed by atoms with E-state index in [-0.39, 0.29) is 13.3 Å². The van der Waals surface area contributed by atoms with Crippen molar-refractivity contribution < 1.29 is 11.0 Å². The lowest BCUT2D eigenvalue weighted by Gasteiger charge is -2.11. The fraction of sp³-hybridized carbons (Fsp3) is 0.0833. The summed E-state index contributed by atoms with van der Waals surface area (Å²) in [5, 5.41) is 2.90. The van der Waals surface area contributed by atoms with Gasteiger partial charge in [0.05, 0.1) is 5.69 Å². The molecular formula is C24H22N4O2. The Bertz CT molecular complexity index is 1180. The molecule has 150 valence electrons. The van der Waals surface area contributed by atoms with Crippen LogP contribution in [-0.2, 0) is 0 Å². The zero-order valence-electron chi connectivity index (χ0n) is 16.7. The Morgan fingerprint density at radius 1 is 1.00 bits per heavy atom. The Balaban J connectivity index is 0.00000272. The van der Waals surface area contributed by atoms with Crippen molar-refractivity contribution in [3.63, 3.8) is 0 Å². The van der Waals surface area contributed by atoms with E-state index >= 15 is 0 Å². The molecule has 0 saturated heterocycles. The normalized spacial score (nSPS) is 10.5. The van der Waals surface area contributed by atoms with Gasteiger partial charge in [0.2, 0.25) is 0 Å². The molecule has 0 radical (unpaired) electrons. The van der Waals surface area contributed by atoms with E-state index in [0.717, 1.165) is 22.4 Å². The molecule has 2 aromatic heterocycles. The van der Waals surface area contributed by atoms with Gasteiger partial charge in [-0.25, -0.2) is 4.98 Å². The lowest BCUT2D eigenvalue weighted by molar-refractivity contribution is 0.102. The summed E-state index contributed by atoms with van der Waals surface area (Å²) in [6.07, 6.45) is 5.09. The standard InChI is InChI=1S/C24H20N4O2.H2/c1-16-5-8-18(9-6-16)23(29)27-20-10-7-17(2)22(14-20)30-24-26-13-11-21(28-24)19-4-3-12-25-15-19;/h3-15H,1-2H3,(H,27,29);1H. The molecular weight excluding hydrogens is 376 g/mol. The first-order valence-electron chi connectivity index (χ1n) is 9.48. The maximum Gasteiger partial charge on any atom is 0.322 e. The van der Waals surface area contributed by atoms with E-state index in [4.69, 9.17) is 4.74 Å². The van der Waals surface area contributed by atoms with Crippen molar-refractivity contribution in [1.82, 2.24) is 15.0 Å². The van der Waals surface area contributed by atoms with Gasteiger partial charge in [-0.3, -0.25) is 9.78 Å². The van der Waals surface area contributed by atoms with Gasteiger partial charge in [-0.2, -0.15) is 4.98 Å². The molecule has 0 aliphatic rings. The highest BCUT2D eigenvalue weighted by molar-refractivity contribution is 6.04. The van der Waals surface area contributed by atoms with Crippen molar-refractivity contribution in [1.29, 1.82) is 0 Å². The molecule has 30 heavy (non-hydrogen) atoms. The largest absolute Gasteiger partial charge is 0.424 e. The average molecular weight is 398 g/mol. The Labute approximate surface area is 176 Å². The van der Waals surface area contributed by atoms with Crippen molar-refractivity contribution >= 4 is 11.6 Å². The van der Waals surface area contributed by atoms with Crippen LogP contribution in [0, 0.1) is 13.8 Å². The van der Waals surface area contributed by atoms with Crippen LogP contribution in [0.25, 0.3) is 11.3 Å². The van der Waals surface area contributed by atoms with Gasteiger partial charge in [0.25, 0.3) is 5.91 Å². The third-order valence-corrected chi connectivity index (χ3v) is 4.55. The van der Waals surface area contributed by atoms with Gasteiger partial charge in [0.1, 0.15) is 5.75 Å². The van der Waals surface area contributed by atoms with Crippen LogP contribution in [-0.4, -0.2) is 20.9 Å². The Morgan fingerprint density at radius 3 is 2.60 bits per heavy atom. The minimum atomic E-state index is -0.181. The summed E-state index contributed by atoms with van der Waals surface area (Å²) in [5.41, 5.74) is 4.82. The molecule has 0 unspecified atom stereocenters. The third kappa shape index (κ3) is 4.50. The summed E-state index contributed by atoms with van der Waals surface area (Å²) in [6, 6.07) is 18.7. The Kier molecular flexibility index (Phi) is 5.48. The number of carbonyl (C=O) groups is 1. The first-order chi connectivity index (χ1) is 14.6. The van der Waals surface area contributed by atoms with Gasteiger partial charge in [-0.15, -0.1) is 0 Å². The zero-order chi connectivity index (χ0) is 20.9. The number of anilines is 1. The smallest absolute Gasteiger partial charge is 0.322 e. The number of amides is 1. The SMILES string of the molecule is Cc1ccc(C(=O)Nc2ccc(C)c(Oc3nccc(-c4cccnc4)n3)c2)cc1.[HH]. The van der Waals surface area contributed by atoms with Crippen LogP contribution in [0.5, 0.6) is 11.8 Å². The molecule has 2 aromatic carbocycles. The molecule has 2 heterocycles. The number of hydrogen-bond acceptors (Lipinski definition) is 5. The van der Waals surface area contributed by atoms with E-state index in [0.29, 0.717) is 17.0 Å². The van der Waals surface area contributed by atoms with Gasteiger partial charge < -0.3 is 10.1 Å². The molecule has 4 aromatic rings. The fourth-order valence-corrected chi connectivity index (χ4v) is 2.86. The summed E-state index contributed by atoms with van der Waals surface area (Å²) in [5.74, 6) is 0.389. The maximum atomic E-state index is 12.5. The van der Waals surface area contributed by atoms with E-state index in [1.165, 1.54) is 0 Å². The number of pyridine rings is 1. The molecule has 1 N–H and O–H groups in total. The fourth-order valence-electron chi connectivity index (χ4n) is 2.86. The van der Waals surface area contributed by atoms with E-state index in [2.05, 4.69) is 20.3 Å². The molecule has 4 rings (SSSR count). The second-order valence-electron chi connectivity index (χ2n) is 6.87. The lowest BCUT2D eigenvalue weighted by atomic mass is 10.1. The lowest BCUT2D eigenvalue weighted by Crippen LogP contribution is -2.11. The van der Waals surface area contributed by atoms with Crippen molar-refractivity contribution in [2.24, 2.45) is 0 Å². The van der Waals surface area contributed by atoms with Crippen LogP contribution in [0.3, 0.4) is 0 Å². The highest BCUT2D eigenvalue weighted by atomic mass is 16.5. The van der Waals surface area contributed by atoms with E-state index in [1.54, 1.807) is 42.9 Å². The van der Waals surface area contributed by atoms with Crippen LogP contribution < -0.4 is 10.1 Å². The molecule has 0 bridgehead atoms. The monoisotopic (exact) mass is 398 g/mol. The van der Waals surface area contributed by atoms with Crippen LogP contribution in [0.1, 0.15) is 22.9 Å². The molecule has 0 aliphatic carbocycles. The first kappa shape index (κ1) is 19.3. The van der Waals surface area contributed by atoms with E-state index in [1.807, 2.05) is 50.2 Å². The second-order valence-corrected chi connectivity index (χ2v) is 6.87. The summed E-state index contributed by atoms with van der Waals surface area (Å²) >= 11 is 0. The number of benzene rings is 2. The number of ether oxygens (including phenoxy) is 1. The van der Waals surface area contributed by atoms with Crippen LogP contribution in [0.4, 0.5) is 5.69 Å². The van der Waals surface area contributed by atoms with Crippen molar-refractivity contribution in [2.75, 3.05) is 5.32 Å². The van der Waals surface area contributed by atoms with Crippen LogP contribution in [0.2, 0.25) is 0 Å². The van der Waals surface area contributed by atoms with Gasteiger partial charge in [0.15, 0.2) is 0 Å². The number of nitrogens with one attached hydrogen (secondary N) is 1. The maximum absolute atomic E-state index is 12.5. The van der Waals surface area contributed by atoms with Crippen molar-refractivity contribution in [3.8, 4) is 23.0 Å². The highest BCUT2D eigenvalue weighted by Gasteiger charge is 2.10. The number of aryl methyl sites for hydroxylation is 2. The van der Waals surface area contributed by atoms with E-state index in [9.17, 15) is 4.79 Å². The molecule has 0 atom stereocenters. The second kappa shape index (κ2) is 8.53. The number of hydrogen-bond donors (Lipinski definition) is 1. The summed E-state index contributed by atoms with van der Waals surface area (Å²) in [7, 11) is 0. The molecule has 0 saturated carbocycles. The minimum Gasteiger partial charge on any atom is -0.424 e. The summed E-state index contributed by atoms with van der Waals surface area (Å²) in [6.45, 7) is 3.91. The molecule has 6 heteroatoms. The molecule has 0 spiro atoms. The van der Waals surface area contributed by atoms with E-state index < -0.39 is 0 Å². The van der Waals surface area contributed by atoms with Crippen LogP contribution >= 0.6 is 0 Å².